The van der Waals surface area contributed by atoms with Crippen molar-refractivity contribution < 1.29 is 39.8 Å². The van der Waals surface area contributed by atoms with E-state index in [0.717, 1.165) is 38.5 Å². The van der Waals surface area contributed by atoms with Gasteiger partial charge in [-0.15, -0.1) is 0 Å². The minimum absolute atomic E-state index is 0.187. The first-order valence-corrected chi connectivity index (χ1v) is 22.9. The van der Waals surface area contributed by atoms with E-state index in [0.29, 0.717) is 6.42 Å². The summed E-state index contributed by atoms with van der Waals surface area (Å²) in [5, 5.41) is 53.6. The minimum Gasteiger partial charge on any atom is -0.394 e. The molecule has 320 valence electrons. The van der Waals surface area contributed by atoms with Gasteiger partial charge in [0.05, 0.1) is 25.4 Å². The molecule has 9 nitrogen and oxygen atoms in total. The second-order valence-corrected chi connectivity index (χ2v) is 16.2. The summed E-state index contributed by atoms with van der Waals surface area (Å²) < 4.78 is 11.1. The maximum Gasteiger partial charge on any atom is 0.220 e. The van der Waals surface area contributed by atoms with Crippen LogP contribution in [0.25, 0.3) is 0 Å². The average Bonchev–Trinajstić information content (AvgIpc) is 3.17. The van der Waals surface area contributed by atoms with Gasteiger partial charge in [0.25, 0.3) is 0 Å². The third-order valence-corrected chi connectivity index (χ3v) is 11.1. The van der Waals surface area contributed by atoms with Gasteiger partial charge in [0.1, 0.15) is 24.4 Å². The Morgan fingerprint density at radius 1 is 0.611 bits per heavy atom. The fourth-order valence-corrected chi connectivity index (χ4v) is 7.39. The zero-order valence-electron chi connectivity index (χ0n) is 35.0. The lowest BCUT2D eigenvalue weighted by Gasteiger charge is -2.40. The molecule has 0 aromatic heterocycles. The van der Waals surface area contributed by atoms with Crippen LogP contribution in [0.1, 0.15) is 213 Å². The summed E-state index contributed by atoms with van der Waals surface area (Å²) in [6.45, 7) is 3.60. The van der Waals surface area contributed by atoms with Gasteiger partial charge in [-0.25, -0.2) is 0 Å². The molecule has 6 N–H and O–H groups in total. The molecule has 0 spiro atoms. The van der Waals surface area contributed by atoms with Gasteiger partial charge in [0.2, 0.25) is 5.91 Å². The lowest BCUT2D eigenvalue weighted by atomic mass is 9.99. The predicted molar refractivity (Wildman–Crippen MR) is 221 cm³/mol. The van der Waals surface area contributed by atoms with Gasteiger partial charge < -0.3 is 40.3 Å². The molecule has 1 saturated heterocycles. The molecule has 0 radical (unpaired) electrons. The molecule has 1 rings (SSSR count). The average molecular weight is 770 g/mol. The number of hydrogen-bond donors (Lipinski definition) is 6. The highest BCUT2D eigenvalue weighted by Crippen LogP contribution is 2.23. The zero-order chi connectivity index (χ0) is 39.5. The number of unbranched alkanes of at least 4 members (excludes halogenated alkanes) is 28. The molecule has 7 atom stereocenters. The van der Waals surface area contributed by atoms with Gasteiger partial charge in [0, 0.05) is 6.42 Å². The first kappa shape index (κ1) is 50.9. The van der Waals surface area contributed by atoms with Crippen LogP contribution in [0.2, 0.25) is 0 Å². The van der Waals surface area contributed by atoms with E-state index in [2.05, 4.69) is 19.2 Å². The molecule has 0 aliphatic carbocycles. The summed E-state index contributed by atoms with van der Waals surface area (Å²) in [5.41, 5.74) is 0. The number of ether oxygens (including phenoxy) is 2. The van der Waals surface area contributed by atoms with Crippen molar-refractivity contribution >= 4 is 5.91 Å². The molecule has 1 amide bonds. The summed E-state index contributed by atoms with van der Waals surface area (Å²) in [6.07, 6.45) is 35.2. The molecule has 1 aliphatic rings. The van der Waals surface area contributed by atoms with Crippen molar-refractivity contribution in [2.24, 2.45) is 0 Å². The number of hydrogen-bond acceptors (Lipinski definition) is 8. The minimum atomic E-state index is -1.56. The Morgan fingerprint density at radius 2 is 1.02 bits per heavy atom. The van der Waals surface area contributed by atoms with Crippen molar-refractivity contribution in [3.05, 3.63) is 12.2 Å². The number of allylic oxidation sites excluding steroid dienone is 1. The Bertz CT molecular complexity index is 858. The second kappa shape index (κ2) is 36.3. The van der Waals surface area contributed by atoms with Crippen LogP contribution in [-0.2, 0) is 14.3 Å². The molecule has 7 unspecified atom stereocenters. The molecule has 0 saturated carbocycles. The normalized spacial score (nSPS) is 21.5. The van der Waals surface area contributed by atoms with Gasteiger partial charge in [0.15, 0.2) is 6.29 Å². The molecule has 0 aromatic carbocycles. The van der Waals surface area contributed by atoms with Gasteiger partial charge in [-0.3, -0.25) is 4.79 Å². The van der Waals surface area contributed by atoms with E-state index in [1.54, 1.807) is 6.08 Å². The SMILES string of the molecule is CCCCCCCCCCCCCCCCCCCCCCCCCCCC/C=C/C(O)C(COC1OC(CO)C(O)C(O)C1O)NC(=O)CCCCC. The van der Waals surface area contributed by atoms with Crippen molar-refractivity contribution in [2.45, 2.75) is 256 Å². The van der Waals surface area contributed by atoms with Crippen LogP contribution in [0.15, 0.2) is 12.2 Å². The summed E-state index contributed by atoms with van der Waals surface area (Å²) in [4.78, 5) is 12.6. The molecule has 0 bridgehead atoms. The zero-order valence-corrected chi connectivity index (χ0v) is 35.0. The van der Waals surface area contributed by atoms with Crippen molar-refractivity contribution in [1.29, 1.82) is 0 Å². The number of rotatable bonds is 38. The number of nitrogens with one attached hydrogen (secondary N) is 1. The van der Waals surface area contributed by atoms with E-state index in [1.807, 2.05) is 6.08 Å². The smallest absolute Gasteiger partial charge is 0.220 e. The Morgan fingerprint density at radius 3 is 1.44 bits per heavy atom. The number of carbonyl (C=O) groups excluding carboxylic acids is 1. The first-order chi connectivity index (χ1) is 26.3. The standard InChI is InChI=1S/C45H87NO8/c1-3-5-7-8-9-10-11-12-13-14-15-16-17-18-19-20-21-22-23-24-25-26-27-28-29-30-31-33-34-39(48)38(46-41(49)35-32-6-4-2)37-53-45-44(52)43(51)42(50)40(36-47)54-45/h33-34,38-40,42-45,47-48,50-52H,3-32,35-37H2,1-2H3,(H,46,49)/b34-33+. The summed E-state index contributed by atoms with van der Waals surface area (Å²) in [6, 6.07) is -0.795. The molecular weight excluding hydrogens is 682 g/mol. The van der Waals surface area contributed by atoms with Gasteiger partial charge in [-0.1, -0.05) is 199 Å². The lowest BCUT2D eigenvalue weighted by Crippen LogP contribution is -2.60. The predicted octanol–water partition coefficient (Wildman–Crippen LogP) is 9.34. The fourth-order valence-electron chi connectivity index (χ4n) is 7.39. The number of carbonyl (C=O) groups is 1. The highest BCUT2D eigenvalue weighted by Gasteiger charge is 2.44. The van der Waals surface area contributed by atoms with Crippen LogP contribution in [0.3, 0.4) is 0 Å². The van der Waals surface area contributed by atoms with Crippen molar-refractivity contribution in [1.82, 2.24) is 5.32 Å². The van der Waals surface area contributed by atoms with Crippen molar-refractivity contribution in [3.8, 4) is 0 Å². The van der Waals surface area contributed by atoms with E-state index in [-0.39, 0.29) is 12.5 Å². The van der Waals surface area contributed by atoms with Gasteiger partial charge in [-0.05, 0) is 19.3 Å². The van der Waals surface area contributed by atoms with E-state index in [9.17, 15) is 30.3 Å². The quantitative estimate of drug-likeness (QED) is 0.0269. The molecule has 9 heteroatoms. The first-order valence-electron chi connectivity index (χ1n) is 22.9. The molecule has 1 heterocycles. The molecule has 54 heavy (non-hydrogen) atoms. The number of aliphatic hydroxyl groups is 5. The van der Waals surface area contributed by atoms with E-state index < -0.39 is 49.5 Å². The van der Waals surface area contributed by atoms with Gasteiger partial charge >= 0.3 is 0 Å². The Kier molecular flexibility index (Phi) is 34.2. The molecular formula is C45H87NO8. The highest BCUT2D eigenvalue weighted by atomic mass is 16.7. The highest BCUT2D eigenvalue weighted by molar-refractivity contribution is 5.76. The molecule has 1 fully saturated rings. The summed E-state index contributed by atoms with van der Waals surface area (Å²) in [5.74, 6) is -0.200. The third kappa shape index (κ3) is 26.7. The van der Waals surface area contributed by atoms with Crippen LogP contribution < -0.4 is 5.32 Å². The maximum absolute atomic E-state index is 12.6. The topological polar surface area (TPSA) is 149 Å². The summed E-state index contributed by atoms with van der Waals surface area (Å²) >= 11 is 0. The van der Waals surface area contributed by atoms with Crippen LogP contribution in [0, 0.1) is 0 Å². The van der Waals surface area contributed by atoms with Crippen molar-refractivity contribution in [3.63, 3.8) is 0 Å². The Labute approximate surface area is 331 Å². The Balaban J connectivity index is 2.06. The lowest BCUT2D eigenvalue weighted by molar-refractivity contribution is -0.302. The number of amides is 1. The van der Waals surface area contributed by atoms with Crippen LogP contribution in [0.4, 0.5) is 0 Å². The fraction of sp³-hybridized carbons (Fsp3) is 0.933. The largest absolute Gasteiger partial charge is 0.394 e. The second-order valence-electron chi connectivity index (χ2n) is 16.2. The van der Waals surface area contributed by atoms with Gasteiger partial charge in [-0.2, -0.15) is 0 Å². The van der Waals surface area contributed by atoms with Crippen molar-refractivity contribution in [2.75, 3.05) is 13.2 Å². The molecule has 1 aliphatic heterocycles. The van der Waals surface area contributed by atoms with Crippen LogP contribution >= 0.6 is 0 Å². The maximum atomic E-state index is 12.6. The van der Waals surface area contributed by atoms with Crippen LogP contribution in [-0.4, -0.2) is 87.5 Å². The van der Waals surface area contributed by atoms with Crippen LogP contribution in [0.5, 0.6) is 0 Å². The Hall–Kier alpha value is -1.07. The van der Waals surface area contributed by atoms with E-state index in [4.69, 9.17) is 9.47 Å². The monoisotopic (exact) mass is 770 g/mol. The number of aliphatic hydroxyl groups excluding tert-OH is 5. The van der Waals surface area contributed by atoms with E-state index in [1.165, 1.54) is 154 Å². The van der Waals surface area contributed by atoms with E-state index >= 15 is 0 Å². The molecule has 0 aromatic rings. The summed E-state index contributed by atoms with van der Waals surface area (Å²) in [7, 11) is 0. The third-order valence-electron chi connectivity index (χ3n) is 11.1.